The second-order valence-electron chi connectivity index (χ2n) is 7.88. The van der Waals surface area contributed by atoms with E-state index in [0.717, 1.165) is 11.1 Å². The van der Waals surface area contributed by atoms with E-state index in [-0.39, 0.29) is 11.5 Å². The minimum absolute atomic E-state index is 0.249. The van der Waals surface area contributed by atoms with Gasteiger partial charge in [-0.15, -0.1) is 0 Å². The highest BCUT2D eigenvalue weighted by Crippen LogP contribution is 2.24. The lowest BCUT2D eigenvalue weighted by atomic mass is 9.91. The summed E-state index contributed by atoms with van der Waals surface area (Å²) in [5, 5.41) is 7.37. The number of hydrogen-bond acceptors (Lipinski definition) is 4. The fourth-order valence-electron chi connectivity index (χ4n) is 3.93. The van der Waals surface area contributed by atoms with Gasteiger partial charge in [0.2, 0.25) is 0 Å². The standard InChI is InChI=1S/C27H26N4O3/c1-18(24-19(2)30-31(27(24)33)22-14-16-23(34-3)17-15-22)28-29-26(32)25(20-10-6-4-7-11-20)21-12-8-5-9-13-21/h4-17,25,30H,1-3H3,(H,29,32). The molecule has 1 heterocycles. The maximum atomic E-state index is 13.2. The van der Waals surface area contributed by atoms with Gasteiger partial charge < -0.3 is 4.74 Å². The van der Waals surface area contributed by atoms with Crippen molar-refractivity contribution in [2.24, 2.45) is 5.10 Å². The molecule has 0 atom stereocenters. The van der Waals surface area contributed by atoms with E-state index < -0.39 is 5.92 Å². The number of aromatic amines is 1. The van der Waals surface area contributed by atoms with Gasteiger partial charge in [-0.25, -0.2) is 10.1 Å². The average molecular weight is 455 g/mol. The second kappa shape index (κ2) is 10.0. The number of H-pyrrole nitrogens is 1. The molecule has 0 aliphatic carbocycles. The number of aromatic nitrogens is 2. The Labute approximate surface area is 197 Å². The Morgan fingerprint density at radius 2 is 1.50 bits per heavy atom. The summed E-state index contributed by atoms with van der Waals surface area (Å²) in [4.78, 5) is 26.3. The summed E-state index contributed by atoms with van der Waals surface area (Å²) < 4.78 is 6.63. The van der Waals surface area contributed by atoms with Crippen LogP contribution in [-0.4, -0.2) is 28.5 Å². The topological polar surface area (TPSA) is 88.5 Å². The molecule has 1 aromatic heterocycles. The van der Waals surface area contributed by atoms with E-state index in [4.69, 9.17) is 4.74 Å². The summed E-state index contributed by atoms with van der Waals surface area (Å²) in [6.07, 6.45) is 0. The largest absolute Gasteiger partial charge is 0.497 e. The number of carbonyl (C=O) groups excluding carboxylic acids is 1. The van der Waals surface area contributed by atoms with E-state index >= 15 is 0 Å². The molecule has 2 N–H and O–H groups in total. The number of hydrazone groups is 1. The Morgan fingerprint density at radius 3 is 2.03 bits per heavy atom. The molecule has 0 bridgehead atoms. The number of aryl methyl sites for hydroxylation is 1. The van der Waals surface area contributed by atoms with Crippen molar-refractivity contribution in [3.8, 4) is 11.4 Å². The van der Waals surface area contributed by atoms with Crippen molar-refractivity contribution in [2.45, 2.75) is 19.8 Å². The molecule has 7 nitrogen and oxygen atoms in total. The summed E-state index contributed by atoms with van der Waals surface area (Å²) in [5.74, 6) is -0.102. The molecule has 0 spiro atoms. The molecular weight excluding hydrogens is 428 g/mol. The number of amides is 1. The molecule has 7 heteroatoms. The molecule has 0 fully saturated rings. The van der Waals surface area contributed by atoms with E-state index in [0.29, 0.717) is 28.4 Å². The fourth-order valence-corrected chi connectivity index (χ4v) is 3.93. The van der Waals surface area contributed by atoms with Gasteiger partial charge in [0.15, 0.2) is 0 Å². The molecule has 4 rings (SSSR count). The first-order valence-electron chi connectivity index (χ1n) is 10.9. The van der Waals surface area contributed by atoms with Gasteiger partial charge in [0.05, 0.1) is 30.0 Å². The smallest absolute Gasteiger partial charge is 0.280 e. The SMILES string of the molecule is COc1ccc(-n2[nH]c(C)c(C(C)=NNC(=O)C(c3ccccc3)c3ccccc3)c2=O)cc1. The third-order valence-corrected chi connectivity index (χ3v) is 5.63. The maximum Gasteiger partial charge on any atom is 0.280 e. The first-order chi connectivity index (χ1) is 16.5. The van der Waals surface area contributed by atoms with Gasteiger partial charge in [0.1, 0.15) is 5.75 Å². The summed E-state index contributed by atoms with van der Waals surface area (Å²) in [6.45, 7) is 3.50. The molecule has 3 aromatic carbocycles. The third-order valence-electron chi connectivity index (χ3n) is 5.63. The predicted molar refractivity (Wildman–Crippen MR) is 133 cm³/mol. The number of carbonyl (C=O) groups is 1. The Balaban J connectivity index is 1.61. The Kier molecular flexibility index (Phi) is 6.73. The van der Waals surface area contributed by atoms with Crippen LogP contribution in [0.4, 0.5) is 0 Å². The van der Waals surface area contributed by atoms with Crippen LogP contribution in [0.15, 0.2) is 94.8 Å². The normalized spacial score (nSPS) is 11.5. The van der Waals surface area contributed by atoms with Crippen LogP contribution < -0.4 is 15.7 Å². The van der Waals surface area contributed by atoms with Crippen molar-refractivity contribution in [3.05, 3.63) is 118 Å². The van der Waals surface area contributed by atoms with Gasteiger partial charge in [-0.05, 0) is 49.2 Å². The quantitative estimate of drug-likeness (QED) is 0.325. The molecule has 0 saturated carbocycles. The summed E-state index contributed by atoms with van der Waals surface area (Å²) in [7, 11) is 1.59. The molecule has 0 saturated heterocycles. The van der Waals surface area contributed by atoms with E-state index in [1.54, 1.807) is 45.2 Å². The van der Waals surface area contributed by atoms with Crippen molar-refractivity contribution in [3.63, 3.8) is 0 Å². The number of rotatable bonds is 7. The van der Waals surface area contributed by atoms with Crippen molar-refractivity contribution in [1.82, 2.24) is 15.2 Å². The first kappa shape index (κ1) is 22.8. The first-order valence-corrected chi connectivity index (χ1v) is 10.9. The monoisotopic (exact) mass is 454 g/mol. The van der Waals surface area contributed by atoms with Gasteiger partial charge in [0, 0.05) is 5.69 Å². The van der Waals surface area contributed by atoms with E-state index in [1.807, 2.05) is 60.7 Å². The molecular formula is C27H26N4O3. The molecule has 0 aliphatic heterocycles. The minimum atomic E-state index is -0.526. The average Bonchev–Trinajstić information content (AvgIpc) is 3.17. The second-order valence-corrected chi connectivity index (χ2v) is 7.88. The van der Waals surface area contributed by atoms with Crippen molar-refractivity contribution in [1.29, 1.82) is 0 Å². The van der Waals surface area contributed by atoms with E-state index in [2.05, 4.69) is 15.6 Å². The number of nitrogens with one attached hydrogen (secondary N) is 2. The van der Waals surface area contributed by atoms with Crippen LogP contribution in [-0.2, 0) is 4.79 Å². The lowest BCUT2D eigenvalue weighted by molar-refractivity contribution is -0.121. The van der Waals surface area contributed by atoms with E-state index in [1.165, 1.54) is 4.68 Å². The lowest BCUT2D eigenvalue weighted by Crippen LogP contribution is -2.28. The zero-order chi connectivity index (χ0) is 24.1. The van der Waals surface area contributed by atoms with Gasteiger partial charge in [-0.3, -0.25) is 14.7 Å². The van der Waals surface area contributed by atoms with Crippen molar-refractivity contribution < 1.29 is 9.53 Å². The zero-order valence-corrected chi connectivity index (χ0v) is 19.3. The fraction of sp³-hybridized carbons (Fsp3) is 0.148. The van der Waals surface area contributed by atoms with Crippen molar-refractivity contribution >= 4 is 11.6 Å². The molecule has 172 valence electrons. The highest BCUT2D eigenvalue weighted by molar-refractivity contribution is 6.00. The molecule has 1 amide bonds. The Morgan fingerprint density at radius 1 is 0.941 bits per heavy atom. The number of methoxy groups -OCH3 is 1. The lowest BCUT2D eigenvalue weighted by Gasteiger charge is -2.16. The van der Waals surface area contributed by atoms with Crippen LogP contribution in [0.1, 0.15) is 35.2 Å². The Bertz CT molecular complexity index is 1320. The van der Waals surface area contributed by atoms with Gasteiger partial charge in [0.25, 0.3) is 11.5 Å². The molecule has 0 aliphatic rings. The van der Waals surface area contributed by atoms with Crippen molar-refractivity contribution in [2.75, 3.05) is 7.11 Å². The van der Waals surface area contributed by atoms with Crippen LogP contribution >= 0.6 is 0 Å². The van der Waals surface area contributed by atoms with Gasteiger partial charge in [-0.2, -0.15) is 5.10 Å². The molecule has 0 radical (unpaired) electrons. The third kappa shape index (κ3) is 4.68. The Hall–Kier alpha value is -4.39. The number of benzene rings is 3. The molecule has 34 heavy (non-hydrogen) atoms. The van der Waals surface area contributed by atoms with E-state index in [9.17, 15) is 9.59 Å². The number of hydrogen-bond donors (Lipinski definition) is 2. The van der Waals surface area contributed by atoms with Crippen LogP contribution in [0.5, 0.6) is 5.75 Å². The van der Waals surface area contributed by atoms with Crippen LogP contribution in [0.25, 0.3) is 5.69 Å². The minimum Gasteiger partial charge on any atom is -0.497 e. The summed E-state index contributed by atoms with van der Waals surface area (Å²) in [6, 6.07) is 26.2. The highest BCUT2D eigenvalue weighted by atomic mass is 16.5. The number of nitrogens with zero attached hydrogens (tertiary/aromatic N) is 2. The number of ether oxygens (including phenoxy) is 1. The van der Waals surface area contributed by atoms with Gasteiger partial charge >= 0.3 is 0 Å². The maximum absolute atomic E-state index is 13.2. The molecule has 4 aromatic rings. The summed E-state index contributed by atoms with van der Waals surface area (Å²) >= 11 is 0. The predicted octanol–water partition coefficient (Wildman–Crippen LogP) is 4.15. The zero-order valence-electron chi connectivity index (χ0n) is 19.3. The summed E-state index contributed by atoms with van der Waals surface area (Å²) in [5.41, 5.74) is 6.29. The van der Waals surface area contributed by atoms with Crippen LogP contribution in [0.2, 0.25) is 0 Å². The van der Waals surface area contributed by atoms with Gasteiger partial charge in [-0.1, -0.05) is 60.7 Å². The van der Waals surface area contributed by atoms with Crippen LogP contribution in [0.3, 0.4) is 0 Å². The highest BCUT2D eigenvalue weighted by Gasteiger charge is 2.23. The molecule has 0 unspecified atom stereocenters. The van der Waals surface area contributed by atoms with Crippen LogP contribution in [0, 0.1) is 6.92 Å².